The maximum atomic E-state index is 12.0. The molecule has 4 nitrogen and oxygen atoms in total. The minimum Gasteiger partial charge on any atom is -0.478 e. The van der Waals surface area contributed by atoms with Gasteiger partial charge in [0.05, 0.1) is 11.3 Å². The summed E-state index contributed by atoms with van der Waals surface area (Å²) in [5, 5.41) is 11.6. The third-order valence-electron chi connectivity index (χ3n) is 2.96. The van der Waals surface area contributed by atoms with E-state index < -0.39 is 11.4 Å². The monoisotopic (exact) mass is 313 g/mol. The van der Waals surface area contributed by atoms with Crippen LogP contribution >= 0.6 is 15.9 Å². The molecule has 0 atom stereocenters. The van der Waals surface area contributed by atoms with Crippen molar-refractivity contribution in [3.05, 3.63) is 28.2 Å². The van der Waals surface area contributed by atoms with Crippen LogP contribution in [0.3, 0.4) is 0 Å². The van der Waals surface area contributed by atoms with Gasteiger partial charge in [-0.25, -0.2) is 4.79 Å². The van der Waals surface area contributed by atoms with Gasteiger partial charge in [0.25, 0.3) is 0 Å². The zero-order valence-corrected chi connectivity index (χ0v) is 12.2. The smallest absolute Gasteiger partial charge is 0.335 e. The van der Waals surface area contributed by atoms with Crippen molar-refractivity contribution in [2.24, 2.45) is 5.41 Å². The number of carboxylic acid groups (broad SMARTS) is 1. The highest BCUT2D eigenvalue weighted by Gasteiger charge is 2.25. The second kappa shape index (κ2) is 5.52. The highest BCUT2D eigenvalue weighted by Crippen LogP contribution is 2.27. The molecule has 1 amide bonds. The topological polar surface area (TPSA) is 66.4 Å². The summed E-state index contributed by atoms with van der Waals surface area (Å²) < 4.78 is 0.558. The molecule has 98 valence electrons. The van der Waals surface area contributed by atoms with E-state index in [9.17, 15) is 9.59 Å². The van der Waals surface area contributed by atoms with Gasteiger partial charge in [0.1, 0.15) is 0 Å². The minimum atomic E-state index is -0.998. The van der Waals surface area contributed by atoms with Crippen molar-refractivity contribution >= 4 is 33.5 Å². The molecule has 0 aliphatic heterocycles. The van der Waals surface area contributed by atoms with Gasteiger partial charge in [-0.2, -0.15) is 0 Å². The molecule has 2 N–H and O–H groups in total. The van der Waals surface area contributed by atoms with E-state index in [1.165, 1.54) is 12.1 Å². The number of carbonyl (C=O) groups is 2. The summed E-state index contributed by atoms with van der Waals surface area (Å²) in [4.78, 5) is 22.8. The molecule has 0 heterocycles. The first-order chi connectivity index (χ1) is 8.27. The van der Waals surface area contributed by atoms with Crippen LogP contribution in [0.5, 0.6) is 0 Å². The lowest BCUT2D eigenvalue weighted by Crippen LogP contribution is -2.30. The molecule has 1 aromatic carbocycles. The quantitative estimate of drug-likeness (QED) is 0.893. The molecule has 1 rings (SSSR count). The van der Waals surface area contributed by atoms with E-state index >= 15 is 0 Å². The average molecular weight is 314 g/mol. The molecule has 0 radical (unpaired) electrons. The van der Waals surface area contributed by atoms with Crippen LogP contribution in [0.25, 0.3) is 0 Å². The van der Waals surface area contributed by atoms with Gasteiger partial charge in [-0.15, -0.1) is 0 Å². The Morgan fingerprint density at radius 3 is 2.44 bits per heavy atom. The van der Waals surface area contributed by atoms with E-state index in [0.29, 0.717) is 10.2 Å². The largest absolute Gasteiger partial charge is 0.478 e. The van der Waals surface area contributed by atoms with E-state index in [1.54, 1.807) is 6.07 Å². The molecule has 0 unspecified atom stereocenters. The van der Waals surface area contributed by atoms with Crippen LogP contribution in [0.2, 0.25) is 0 Å². The molecular weight excluding hydrogens is 298 g/mol. The van der Waals surface area contributed by atoms with Gasteiger partial charge in [0.15, 0.2) is 0 Å². The highest BCUT2D eigenvalue weighted by atomic mass is 79.9. The molecule has 0 aromatic heterocycles. The van der Waals surface area contributed by atoms with E-state index in [1.807, 2.05) is 20.8 Å². The number of rotatable bonds is 4. The van der Waals surface area contributed by atoms with Crippen molar-refractivity contribution in [1.82, 2.24) is 0 Å². The van der Waals surface area contributed by atoms with Crippen LogP contribution in [0.1, 0.15) is 37.6 Å². The Kier molecular flexibility index (Phi) is 4.51. The second-order valence-electron chi connectivity index (χ2n) is 4.69. The maximum Gasteiger partial charge on any atom is 0.335 e. The van der Waals surface area contributed by atoms with Gasteiger partial charge in [0.2, 0.25) is 5.91 Å². The summed E-state index contributed by atoms with van der Waals surface area (Å²) in [5.41, 5.74) is 0.298. The number of nitrogens with one attached hydrogen (secondary N) is 1. The average Bonchev–Trinajstić information content (AvgIpc) is 2.31. The zero-order chi connectivity index (χ0) is 13.9. The van der Waals surface area contributed by atoms with Crippen LogP contribution in [-0.2, 0) is 4.79 Å². The first kappa shape index (κ1) is 14.7. The number of hydrogen-bond acceptors (Lipinski definition) is 2. The molecular formula is C13H16BrNO3. The number of aromatic carboxylic acids is 1. The summed E-state index contributed by atoms with van der Waals surface area (Å²) in [6, 6.07) is 4.51. The molecule has 1 aromatic rings. The summed E-state index contributed by atoms with van der Waals surface area (Å²) in [6.07, 6.45) is 0.726. The predicted octanol–water partition coefficient (Wildman–Crippen LogP) is 3.52. The van der Waals surface area contributed by atoms with Crippen LogP contribution in [0, 0.1) is 5.41 Å². The van der Waals surface area contributed by atoms with Crippen LogP contribution in [-0.4, -0.2) is 17.0 Å². The Morgan fingerprint density at radius 1 is 1.39 bits per heavy atom. The number of benzene rings is 1. The zero-order valence-electron chi connectivity index (χ0n) is 10.6. The number of carbonyl (C=O) groups excluding carboxylic acids is 1. The van der Waals surface area contributed by atoms with Crippen LogP contribution in [0.15, 0.2) is 22.7 Å². The number of anilines is 1. The van der Waals surface area contributed by atoms with E-state index in [0.717, 1.165) is 6.42 Å². The van der Waals surface area contributed by atoms with E-state index in [2.05, 4.69) is 21.2 Å². The standard InChI is InChI=1S/C13H16BrNO3/c1-4-13(2,3)12(18)15-10-6-5-8(11(16)17)7-9(10)14/h5-7H,4H2,1-3H3,(H,15,18)(H,16,17). The molecule has 0 spiro atoms. The van der Waals surface area contributed by atoms with E-state index in [4.69, 9.17) is 5.11 Å². The molecule has 0 fully saturated rings. The Bertz CT molecular complexity index is 483. The Labute approximate surface area is 115 Å². The second-order valence-corrected chi connectivity index (χ2v) is 5.55. The minimum absolute atomic E-state index is 0.0891. The van der Waals surface area contributed by atoms with Crippen molar-refractivity contribution < 1.29 is 14.7 Å². The predicted molar refractivity (Wildman–Crippen MR) is 73.8 cm³/mol. The normalized spacial score (nSPS) is 11.1. The van der Waals surface area contributed by atoms with Crippen LogP contribution < -0.4 is 5.32 Å². The molecule has 5 heteroatoms. The third-order valence-corrected chi connectivity index (χ3v) is 3.62. The Morgan fingerprint density at radius 2 is 2.00 bits per heavy atom. The molecule has 0 bridgehead atoms. The summed E-state index contributed by atoms with van der Waals surface area (Å²) in [5.74, 6) is -1.09. The highest BCUT2D eigenvalue weighted by molar-refractivity contribution is 9.10. The fourth-order valence-electron chi connectivity index (χ4n) is 1.20. The Hall–Kier alpha value is -1.36. The Balaban J connectivity index is 2.93. The molecule has 0 saturated carbocycles. The fourth-order valence-corrected chi connectivity index (χ4v) is 1.68. The summed E-state index contributed by atoms with van der Waals surface area (Å²) >= 11 is 3.25. The molecule has 0 saturated heterocycles. The lowest BCUT2D eigenvalue weighted by molar-refractivity contribution is -0.124. The van der Waals surface area contributed by atoms with Gasteiger partial charge in [-0.3, -0.25) is 4.79 Å². The van der Waals surface area contributed by atoms with Gasteiger partial charge in [-0.05, 0) is 40.5 Å². The number of hydrogen-bond donors (Lipinski definition) is 2. The van der Waals surface area contributed by atoms with E-state index in [-0.39, 0.29) is 11.5 Å². The molecule has 18 heavy (non-hydrogen) atoms. The van der Waals surface area contributed by atoms with Crippen molar-refractivity contribution in [3.8, 4) is 0 Å². The number of carboxylic acids is 1. The fraction of sp³-hybridized carbons (Fsp3) is 0.385. The maximum absolute atomic E-state index is 12.0. The first-order valence-electron chi connectivity index (χ1n) is 5.62. The van der Waals surface area contributed by atoms with Crippen molar-refractivity contribution in [2.45, 2.75) is 27.2 Å². The first-order valence-corrected chi connectivity index (χ1v) is 6.41. The summed E-state index contributed by atoms with van der Waals surface area (Å²) in [6.45, 7) is 5.67. The van der Waals surface area contributed by atoms with Gasteiger partial charge in [-0.1, -0.05) is 20.8 Å². The lowest BCUT2D eigenvalue weighted by Gasteiger charge is -2.22. The molecule has 0 aliphatic rings. The number of halogens is 1. The summed E-state index contributed by atoms with van der Waals surface area (Å²) in [7, 11) is 0. The van der Waals surface area contributed by atoms with Crippen molar-refractivity contribution in [1.29, 1.82) is 0 Å². The molecule has 0 aliphatic carbocycles. The SMILES string of the molecule is CCC(C)(C)C(=O)Nc1ccc(C(=O)O)cc1Br. The number of amides is 1. The lowest BCUT2D eigenvalue weighted by atomic mass is 9.89. The van der Waals surface area contributed by atoms with Gasteiger partial charge >= 0.3 is 5.97 Å². The third kappa shape index (κ3) is 3.32. The van der Waals surface area contributed by atoms with Crippen molar-refractivity contribution in [2.75, 3.05) is 5.32 Å². The van der Waals surface area contributed by atoms with Gasteiger partial charge in [0, 0.05) is 9.89 Å². The van der Waals surface area contributed by atoms with Crippen molar-refractivity contribution in [3.63, 3.8) is 0 Å². The van der Waals surface area contributed by atoms with Crippen LogP contribution in [0.4, 0.5) is 5.69 Å². The van der Waals surface area contributed by atoms with Gasteiger partial charge < -0.3 is 10.4 Å².